The maximum atomic E-state index is 12.5. The fourth-order valence-electron chi connectivity index (χ4n) is 2.27. The van der Waals surface area contributed by atoms with Crippen molar-refractivity contribution in [2.24, 2.45) is 0 Å². The number of likely N-dealkylation sites (N-methyl/N-ethyl adjacent to an activating group) is 1. The maximum Gasteiger partial charge on any atom is 0.272 e. The normalized spacial score (nSPS) is 19.3. The Morgan fingerprint density at radius 2 is 2.11 bits per heavy atom. The molecule has 1 aromatic heterocycles. The van der Waals surface area contributed by atoms with E-state index < -0.39 is 0 Å². The van der Waals surface area contributed by atoms with Crippen LogP contribution in [-0.2, 0) is 0 Å². The van der Waals surface area contributed by atoms with E-state index in [2.05, 4.69) is 36.1 Å². The van der Waals surface area contributed by atoms with E-state index in [1.807, 2.05) is 17.0 Å². The number of nitrogens with zero attached hydrogens (tertiary/aromatic N) is 3. The predicted molar refractivity (Wildman–Crippen MR) is 76.4 cm³/mol. The van der Waals surface area contributed by atoms with E-state index in [-0.39, 0.29) is 11.4 Å². The summed E-state index contributed by atoms with van der Waals surface area (Å²) in [6.07, 6.45) is 0. The maximum absolute atomic E-state index is 12.5. The molecular formula is C14H22N4O. The Balaban J connectivity index is 2.15. The van der Waals surface area contributed by atoms with Crippen LogP contribution >= 0.6 is 0 Å². The summed E-state index contributed by atoms with van der Waals surface area (Å²) in [6, 6.07) is 5.48. The van der Waals surface area contributed by atoms with Gasteiger partial charge in [0.1, 0.15) is 11.5 Å². The van der Waals surface area contributed by atoms with Crippen LogP contribution in [0.1, 0.15) is 24.3 Å². The molecule has 0 spiro atoms. The highest BCUT2D eigenvalue weighted by Gasteiger charge is 2.33. The lowest BCUT2D eigenvalue weighted by Gasteiger charge is -2.45. The molecule has 1 saturated heterocycles. The predicted octanol–water partition coefficient (Wildman–Crippen LogP) is 1.29. The molecule has 1 aliphatic rings. The molecule has 0 aliphatic carbocycles. The second-order valence-corrected chi connectivity index (χ2v) is 5.62. The van der Waals surface area contributed by atoms with Crippen molar-refractivity contribution >= 4 is 11.7 Å². The molecule has 2 rings (SSSR count). The third-order valence-corrected chi connectivity index (χ3v) is 3.83. The van der Waals surface area contributed by atoms with Gasteiger partial charge < -0.3 is 10.2 Å². The molecule has 19 heavy (non-hydrogen) atoms. The zero-order valence-electron chi connectivity index (χ0n) is 12.1. The Labute approximate surface area is 114 Å². The summed E-state index contributed by atoms with van der Waals surface area (Å²) in [5, 5.41) is 2.96. The van der Waals surface area contributed by atoms with Gasteiger partial charge in [0.15, 0.2) is 0 Å². The molecule has 104 valence electrons. The van der Waals surface area contributed by atoms with Crippen LogP contribution in [-0.4, -0.2) is 60.0 Å². The van der Waals surface area contributed by atoms with Crippen molar-refractivity contribution in [2.75, 3.05) is 39.0 Å². The molecule has 1 aliphatic heterocycles. The highest BCUT2D eigenvalue weighted by molar-refractivity contribution is 5.92. The van der Waals surface area contributed by atoms with Gasteiger partial charge >= 0.3 is 0 Å². The SMILES string of the molecule is CNc1cccc(C(=O)N2CCN(C)C(C)(C)C2)n1. The van der Waals surface area contributed by atoms with E-state index in [4.69, 9.17) is 0 Å². The largest absolute Gasteiger partial charge is 0.373 e. The van der Waals surface area contributed by atoms with Crippen LogP contribution in [0.3, 0.4) is 0 Å². The number of hydrogen-bond acceptors (Lipinski definition) is 4. The summed E-state index contributed by atoms with van der Waals surface area (Å²) in [4.78, 5) is 21.0. The van der Waals surface area contributed by atoms with Crippen LogP contribution in [0.2, 0.25) is 0 Å². The number of nitrogens with one attached hydrogen (secondary N) is 1. The molecule has 0 radical (unpaired) electrons. The highest BCUT2D eigenvalue weighted by Crippen LogP contribution is 2.20. The van der Waals surface area contributed by atoms with Crippen molar-refractivity contribution in [3.8, 4) is 0 Å². The molecule has 0 unspecified atom stereocenters. The van der Waals surface area contributed by atoms with E-state index in [9.17, 15) is 4.79 Å². The first-order chi connectivity index (χ1) is 8.94. The molecule has 0 bridgehead atoms. The van der Waals surface area contributed by atoms with E-state index in [1.165, 1.54) is 0 Å². The van der Waals surface area contributed by atoms with Gasteiger partial charge in [-0.3, -0.25) is 9.69 Å². The van der Waals surface area contributed by atoms with Crippen molar-refractivity contribution in [2.45, 2.75) is 19.4 Å². The van der Waals surface area contributed by atoms with E-state index in [0.717, 1.165) is 25.5 Å². The number of piperazine rings is 1. The topological polar surface area (TPSA) is 48.5 Å². The number of hydrogen-bond donors (Lipinski definition) is 1. The van der Waals surface area contributed by atoms with Gasteiger partial charge in [-0.15, -0.1) is 0 Å². The lowest BCUT2D eigenvalue weighted by atomic mass is 9.99. The molecule has 1 N–H and O–H groups in total. The average molecular weight is 262 g/mol. The Morgan fingerprint density at radius 1 is 1.37 bits per heavy atom. The second-order valence-electron chi connectivity index (χ2n) is 5.62. The molecule has 1 fully saturated rings. The molecule has 0 aromatic carbocycles. The number of aromatic nitrogens is 1. The lowest BCUT2D eigenvalue weighted by molar-refractivity contribution is 0.0307. The molecule has 5 heteroatoms. The third kappa shape index (κ3) is 2.87. The number of carbonyl (C=O) groups is 1. The Bertz CT molecular complexity index is 472. The van der Waals surface area contributed by atoms with Gasteiger partial charge in [-0.25, -0.2) is 4.98 Å². The van der Waals surface area contributed by atoms with E-state index >= 15 is 0 Å². The first-order valence-corrected chi connectivity index (χ1v) is 6.59. The molecule has 1 aromatic rings. The van der Waals surface area contributed by atoms with Crippen LogP contribution in [0.5, 0.6) is 0 Å². The van der Waals surface area contributed by atoms with Gasteiger partial charge in [0.2, 0.25) is 0 Å². The minimum absolute atomic E-state index is 0.00846. The first kappa shape index (κ1) is 13.8. The van der Waals surface area contributed by atoms with Gasteiger partial charge in [-0.2, -0.15) is 0 Å². The minimum Gasteiger partial charge on any atom is -0.373 e. The fraction of sp³-hybridized carbons (Fsp3) is 0.571. The van der Waals surface area contributed by atoms with Crippen molar-refractivity contribution in [3.05, 3.63) is 23.9 Å². The van der Waals surface area contributed by atoms with Crippen LogP contribution in [0, 0.1) is 0 Å². The number of carbonyl (C=O) groups excluding carboxylic acids is 1. The summed E-state index contributed by atoms with van der Waals surface area (Å²) in [6.45, 7) is 6.69. The summed E-state index contributed by atoms with van der Waals surface area (Å²) in [5.74, 6) is 0.734. The van der Waals surface area contributed by atoms with Crippen molar-refractivity contribution in [1.82, 2.24) is 14.8 Å². The van der Waals surface area contributed by atoms with Gasteiger partial charge in [0.05, 0.1) is 0 Å². The monoisotopic (exact) mass is 262 g/mol. The first-order valence-electron chi connectivity index (χ1n) is 6.59. The summed E-state index contributed by atoms with van der Waals surface area (Å²) in [5.41, 5.74) is 0.515. The zero-order valence-corrected chi connectivity index (χ0v) is 12.1. The summed E-state index contributed by atoms with van der Waals surface area (Å²) in [7, 11) is 3.90. The van der Waals surface area contributed by atoms with Crippen molar-refractivity contribution in [3.63, 3.8) is 0 Å². The Hall–Kier alpha value is -1.62. The van der Waals surface area contributed by atoms with Crippen LogP contribution < -0.4 is 5.32 Å². The van der Waals surface area contributed by atoms with E-state index in [1.54, 1.807) is 13.1 Å². The molecule has 1 amide bonds. The van der Waals surface area contributed by atoms with Gasteiger partial charge in [-0.05, 0) is 33.0 Å². The average Bonchev–Trinajstić information content (AvgIpc) is 2.41. The van der Waals surface area contributed by atoms with Gasteiger partial charge in [0.25, 0.3) is 5.91 Å². The molecule has 2 heterocycles. The number of anilines is 1. The quantitative estimate of drug-likeness (QED) is 0.872. The molecule has 5 nitrogen and oxygen atoms in total. The summed E-state index contributed by atoms with van der Waals surface area (Å²) < 4.78 is 0. The van der Waals surface area contributed by atoms with Crippen molar-refractivity contribution < 1.29 is 4.79 Å². The van der Waals surface area contributed by atoms with E-state index in [0.29, 0.717) is 5.69 Å². The van der Waals surface area contributed by atoms with Crippen LogP contribution in [0.15, 0.2) is 18.2 Å². The number of amides is 1. The molecular weight excluding hydrogens is 240 g/mol. The zero-order chi connectivity index (χ0) is 14.0. The highest BCUT2D eigenvalue weighted by atomic mass is 16.2. The standard InChI is InChI=1S/C14H22N4O/c1-14(2)10-18(9-8-17(14)4)13(19)11-6-5-7-12(15-3)16-11/h5-7H,8-10H2,1-4H3,(H,15,16). The lowest BCUT2D eigenvalue weighted by Crippen LogP contribution is -2.58. The van der Waals surface area contributed by atoms with Gasteiger partial charge in [0, 0.05) is 32.2 Å². The Morgan fingerprint density at radius 3 is 2.74 bits per heavy atom. The number of rotatable bonds is 2. The second kappa shape index (κ2) is 5.17. The third-order valence-electron chi connectivity index (χ3n) is 3.83. The fourth-order valence-corrected chi connectivity index (χ4v) is 2.27. The summed E-state index contributed by atoms with van der Waals surface area (Å²) >= 11 is 0. The Kier molecular flexibility index (Phi) is 3.75. The minimum atomic E-state index is 0.00846. The van der Waals surface area contributed by atoms with Crippen LogP contribution in [0.4, 0.5) is 5.82 Å². The van der Waals surface area contributed by atoms with Gasteiger partial charge in [-0.1, -0.05) is 6.07 Å². The molecule has 0 atom stereocenters. The smallest absolute Gasteiger partial charge is 0.272 e. The molecule has 0 saturated carbocycles. The van der Waals surface area contributed by atoms with Crippen LogP contribution in [0.25, 0.3) is 0 Å². The van der Waals surface area contributed by atoms with Crippen molar-refractivity contribution in [1.29, 1.82) is 0 Å². The number of pyridine rings is 1.